The van der Waals surface area contributed by atoms with E-state index < -0.39 is 17.8 Å². The third-order valence-corrected chi connectivity index (χ3v) is 5.43. The molecule has 1 fully saturated rings. The molecule has 3 aromatic rings. The smallest absolute Gasteiger partial charge is 0.344 e. The molecule has 2 heterocycles. The number of nitrogens with zero attached hydrogens (tertiary/aromatic N) is 2. The van der Waals surface area contributed by atoms with E-state index in [2.05, 4.69) is 5.43 Å². The van der Waals surface area contributed by atoms with Crippen molar-refractivity contribution in [3.05, 3.63) is 83.2 Å². The fourth-order valence-electron chi connectivity index (χ4n) is 3.84. The maximum absolute atomic E-state index is 12.9. The van der Waals surface area contributed by atoms with Crippen molar-refractivity contribution in [2.75, 3.05) is 18.2 Å². The van der Waals surface area contributed by atoms with Gasteiger partial charge in [-0.25, -0.2) is 9.80 Å². The first kappa shape index (κ1) is 22.8. The summed E-state index contributed by atoms with van der Waals surface area (Å²) in [4.78, 5) is 36.9. The zero-order valence-electron chi connectivity index (χ0n) is 19.2. The number of nitrogens with one attached hydrogen (secondary N) is 1. The summed E-state index contributed by atoms with van der Waals surface area (Å²) in [6.45, 7) is 5.78. The van der Waals surface area contributed by atoms with Gasteiger partial charge >= 0.3 is 5.97 Å². The zero-order valence-corrected chi connectivity index (χ0v) is 19.2. The summed E-state index contributed by atoms with van der Waals surface area (Å²) in [5.41, 5.74) is 6.77. The van der Waals surface area contributed by atoms with E-state index in [1.807, 2.05) is 42.7 Å². The summed E-state index contributed by atoms with van der Waals surface area (Å²) < 4.78 is 12.3. The third-order valence-electron chi connectivity index (χ3n) is 5.43. The molecule has 1 N–H and O–H groups in total. The molecule has 0 unspecified atom stereocenters. The van der Waals surface area contributed by atoms with Gasteiger partial charge in [0.15, 0.2) is 6.61 Å². The lowest BCUT2D eigenvalue weighted by Crippen LogP contribution is -2.35. The van der Waals surface area contributed by atoms with Crippen molar-refractivity contribution in [2.24, 2.45) is 0 Å². The molecule has 174 valence electrons. The van der Waals surface area contributed by atoms with Gasteiger partial charge in [-0.3, -0.25) is 15.0 Å². The first-order valence-electron chi connectivity index (χ1n) is 10.9. The number of rotatable bonds is 7. The van der Waals surface area contributed by atoms with Crippen LogP contribution in [0, 0.1) is 13.8 Å². The van der Waals surface area contributed by atoms with Gasteiger partial charge in [0, 0.05) is 17.1 Å². The number of para-hydroxylation sites is 1. The van der Waals surface area contributed by atoms with E-state index in [9.17, 15) is 14.4 Å². The highest BCUT2D eigenvalue weighted by molar-refractivity contribution is 6.31. The van der Waals surface area contributed by atoms with Gasteiger partial charge in [-0.05, 0) is 74.9 Å². The van der Waals surface area contributed by atoms with Crippen LogP contribution < -0.4 is 15.2 Å². The number of ether oxygens (including phenoxy) is 2. The van der Waals surface area contributed by atoms with E-state index in [0.29, 0.717) is 18.0 Å². The minimum absolute atomic E-state index is 0.0758. The van der Waals surface area contributed by atoms with E-state index in [1.165, 1.54) is 5.01 Å². The fraction of sp³-hybridized carbons (Fsp3) is 0.192. The van der Waals surface area contributed by atoms with Crippen molar-refractivity contribution in [1.82, 2.24) is 9.99 Å². The molecular formula is C26H25N3O5. The predicted molar refractivity (Wildman–Crippen MR) is 127 cm³/mol. The quantitative estimate of drug-likeness (QED) is 0.332. The number of hydrogen-bond donors (Lipinski definition) is 1. The highest BCUT2D eigenvalue weighted by Gasteiger charge is 2.34. The number of hydrogen-bond acceptors (Lipinski definition) is 5. The Hall–Kier alpha value is -4.33. The van der Waals surface area contributed by atoms with Crippen LogP contribution in [0.1, 0.15) is 23.9 Å². The molecule has 8 heteroatoms. The summed E-state index contributed by atoms with van der Waals surface area (Å²) in [6.07, 6.45) is 1.62. The van der Waals surface area contributed by atoms with Crippen LogP contribution in [0.3, 0.4) is 0 Å². The first-order valence-corrected chi connectivity index (χ1v) is 10.9. The second-order valence-electron chi connectivity index (χ2n) is 7.72. The number of aryl methyl sites for hydroxylation is 1. The van der Waals surface area contributed by atoms with Gasteiger partial charge in [0.2, 0.25) is 0 Å². The second kappa shape index (κ2) is 9.66. The second-order valence-corrected chi connectivity index (χ2v) is 7.72. The normalized spacial score (nSPS) is 14.4. The van der Waals surface area contributed by atoms with Crippen LogP contribution in [0.25, 0.3) is 11.8 Å². The lowest BCUT2D eigenvalue weighted by Gasteiger charge is -2.13. The monoisotopic (exact) mass is 459 g/mol. The Morgan fingerprint density at radius 3 is 2.38 bits per heavy atom. The molecule has 0 bridgehead atoms. The van der Waals surface area contributed by atoms with Crippen molar-refractivity contribution < 1.29 is 23.9 Å². The number of carbonyl (C=O) groups excluding carboxylic acids is 3. The molecule has 4 rings (SSSR count). The van der Waals surface area contributed by atoms with Crippen LogP contribution in [-0.4, -0.2) is 35.6 Å². The van der Waals surface area contributed by atoms with Crippen LogP contribution in [0.15, 0.2) is 66.2 Å². The van der Waals surface area contributed by atoms with Crippen LogP contribution in [-0.2, 0) is 19.1 Å². The number of aromatic nitrogens is 1. The van der Waals surface area contributed by atoms with Gasteiger partial charge < -0.3 is 14.0 Å². The molecule has 0 radical (unpaired) electrons. The largest absolute Gasteiger partial charge is 0.482 e. The Balaban J connectivity index is 1.56. The predicted octanol–water partition coefficient (Wildman–Crippen LogP) is 3.50. The Morgan fingerprint density at radius 1 is 1.00 bits per heavy atom. The van der Waals surface area contributed by atoms with E-state index >= 15 is 0 Å². The van der Waals surface area contributed by atoms with Crippen LogP contribution >= 0.6 is 0 Å². The molecule has 0 saturated carbocycles. The molecule has 2 amide bonds. The molecule has 2 aromatic carbocycles. The number of anilines is 1. The van der Waals surface area contributed by atoms with Crippen molar-refractivity contribution in [3.8, 4) is 11.4 Å². The van der Waals surface area contributed by atoms with Crippen molar-refractivity contribution >= 4 is 29.5 Å². The van der Waals surface area contributed by atoms with Gasteiger partial charge in [-0.1, -0.05) is 18.2 Å². The molecule has 1 aliphatic heterocycles. The van der Waals surface area contributed by atoms with Gasteiger partial charge in [0.05, 0.1) is 12.3 Å². The average Bonchev–Trinajstić information content (AvgIpc) is 3.28. The number of benzene rings is 2. The zero-order chi connectivity index (χ0) is 24.2. The minimum atomic E-state index is -0.443. The number of esters is 1. The van der Waals surface area contributed by atoms with Crippen molar-refractivity contribution in [2.45, 2.75) is 20.8 Å². The lowest BCUT2D eigenvalue weighted by molar-refractivity contribution is -0.145. The highest BCUT2D eigenvalue weighted by Crippen LogP contribution is 2.26. The number of carbonyl (C=O) groups is 3. The number of hydrazine groups is 1. The third kappa shape index (κ3) is 4.56. The summed E-state index contributed by atoms with van der Waals surface area (Å²) in [6, 6.07) is 18.2. The van der Waals surface area contributed by atoms with E-state index in [4.69, 9.17) is 9.47 Å². The Morgan fingerprint density at radius 2 is 1.71 bits per heavy atom. The van der Waals surface area contributed by atoms with Crippen LogP contribution in [0.5, 0.6) is 5.75 Å². The molecule has 1 aliphatic rings. The Labute approximate surface area is 197 Å². The van der Waals surface area contributed by atoms with Crippen LogP contribution in [0.4, 0.5) is 5.69 Å². The SMILES string of the molecule is CCOC(=O)COc1ccc(-n2c(C)cc(C=C3C(=O)NN(c4ccccc4)C3=O)c2C)cc1. The molecule has 8 nitrogen and oxygen atoms in total. The standard InChI is InChI=1S/C26H25N3O5/c1-4-33-24(30)16-34-22-12-10-20(11-13-22)28-17(2)14-19(18(28)3)15-23-25(31)27-29(26(23)32)21-8-6-5-7-9-21/h5-15H,4,16H2,1-3H3,(H,27,31). The van der Waals surface area contributed by atoms with E-state index in [1.54, 1.807) is 49.4 Å². The topological polar surface area (TPSA) is 89.9 Å². The summed E-state index contributed by atoms with van der Waals surface area (Å²) in [7, 11) is 0. The molecule has 1 saturated heterocycles. The Bertz CT molecular complexity index is 1260. The maximum atomic E-state index is 12.9. The van der Waals surface area contributed by atoms with Gasteiger partial charge in [-0.2, -0.15) is 0 Å². The first-order chi connectivity index (χ1) is 16.4. The maximum Gasteiger partial charge on any atom is 0.344 e. The fourth-order valence-corrected chi connectivity index (χ4v) is 3.84. The van der Waals surface area contributed by atoms with Gasteiger partial charge in [-0.15, -0.1) is 0 Å². The molecule has 0 aliphatic carbocycles. The minimum Gasteiger partial charge on any atom is -0.482 e. The highest BCUT2D eigenvalue weighted by atomic mass is 16.6. The average molecular weight is 460 g/mol. The van der Waals surface area contributed by atoms with Gasteiger partial charge in [0.1, 0.15) is 11.3 Å². The van der Waals surface area contributed by atoms with Crippen molar-refractivity contribution in [3.63, 3.8) is 0 Å². The van der Waals surface area contributed by atoms with E-state index in [-0.39, 0.29) is 12.2 Å². The summed E-state index contributed by atoms with van der Waals surface area (Å²) in [5, 5.41) is 1.25. The van der Waals surface area contributed by atoms with Gasteiger partial charge in [0.25, 0.3) is 11.8 Å². The Kier molecular flexibility index (Phi) is 6.49. The lowest BCUT2D eigenvalue weighted by atomic mass is 10.1. The summed E-state index contributed by atoms with van der Waals surface area (Å²) >= 11 is 0. The summed E-state index contributed by atoms with van der Waals surface area (Å²) in [5.74, 6) is -0.709. The molecular weight excluding hydrogens is 434 g/mol. The molecule has 0 spiro atoms. The molecule has 1 aromatic heterocycles. The van der Waals surface area contributed by atoms with E-state index in [0.717, 1.165) is 22.6 Å². The van der Waals surface area contributed by atoms with Crippen molar-refractivity contribution in [1.29, 1.82) is 0 Å². The number of amides is 2. The molecule has 0 atom stereocenters. The van der Waals surface area contributed by atoms with Crippen LogP contribution in [0.2, 0.25) is 0 Å². The molecule has 34 heavy (non-hydrogen) atoms.